The van der Waals surface area contributed by atoms with Crippen molar-refractivity contribution in [2.24, 2.45) is 5.41 Å². The number of aliphatic hydroxyl groups is 1. The molecule has 0 aliphatic heterocycles. The first kappa shape index (κ1) is 12.6. The first-order valence-corrected chi connectivity index (χ1v) is 6.13. The topological polar surface area (TPSA) is 73.1 Å². The van der Waals surface area contributed by atoms with Crippen molar-refractivity contribution in [2.75, 3.05) is 5.32 Å². The molecule has 1 fully saturated rings. The molecular formula is C14H16N2O2. The van der Waals surface area contributed by atoms with Gasteiger partial charge in [0, 0.05) is 11.3 Å². The van der Waals surface area contributed by atoms with Crippen LogP contribution >= 0.6 is 0 Å². The van der Waals surface area contributed by atoms with Gasteiger partial charge < -0.3 is 10.4 Å². The summed E-state index contributed by atoms with van der Waals surface area (Å²) in [5, 5.41) is 21.2. The molecule has 1 aromatic rings. The zero-order valence-electron chi connectivity index (χ0n) is 10.1. The van der Waals surface area contributed by atoms with Crippen LogP contribution in [0.1, 0.15) is 31.2 Å². The lowest BCUT2D eigenvalue weighted by Gasteiger charge is -2.20. The molecule has 0 atom stereocenters. The van der Waals surface area contributed by atoms with Gasteiger partial charge in [-0.3, -0.25) is 4.79 Å². The van der Waals surface area contributed by atoms with Crippen molar-refractivity contribution in [1.29, 1.82) is 5.26 Å². The number of hydrogen-bond donors (Lipinski definition) is 2. The number of amides is 1. The lowest BCUT2D eigenvalue weighted by Crippen LogP contribution is -2.32. The summed E-state index contributed by atoms with van der Waals surface area (Å²) in [5.41, 5.74) is 0.367. The van der Waals surface area contributed by atoms with Crippen molar-refractivity contribution in [3.05, 3.63) is 29.8 Å². The molecule has 4 heteroatoms. The van der Waals surface area contributed by atoms with Crippen LogP contribution < -0.4 is 5.32 Å². The Morgan fingerprint density at radius 2 is 2.06 bits per heavy atom. The van der Waals surface area contributed by atoms with Crippen molar-refractivity contribution in [2.45, 2.75) is 32.3 Å². The Hall–Kier alpha value is -1.86. The molecule has 1 aliphatic carbocycles. The van der Waals surface area contributed by atoms with Gasteiger partial charge in [0.05, 0.1) is 12.7 Å². The van der Waals surface area contributed by atoms with Crippen molar-refractivity contribution < 1.29 is 9.90 Å². The molecule has 1 aliphatic rings. The van der Waals surface area contributed by atoms with Crippen LogP contribution in [0.4, 0.5) is 5.69 Å². The Balaban J connectivity index is 2.19. The standard InChI is InChI=1S/C14H16N2O2/c15-10-14(7-3-4-8-14)13(18)16-12-6-2-1-5-11(12)9-17/h1-2,5-6,17H,3-4,7-9H2,(H,16,18). The third kappa shape index (κ3) is 2.22. The molecule has 4 nitrogen and oxygen atoms in total. The fourth-order valence-electron chi connectivity index (χ4n) is 2.39. The van der Waals surface area contributed by atoms with Crippen LogP contribution in [0.5, 0.6) is 0 Å². The highest BCUT2D eigenvalue weighted by atomic mass is 16.3. The van der Waals surface area contributed by atoms with Gasteiger partial charge in [-0.2, -0.15) is 5.26 Å². The average molecular weight is 244 g/mol. The van der Waals surface area contributed by atoms with Crippen molar-refractivity contribution >= 4 is 11.6 Å². The second kappa shape index (κ2) is 5.19. The third-order valence-electron chi connectivity index (χ3n) is 3.54. The van der Waals surface area contributed by atoms with E-state index in [0.717, 1.165) is 12.8 Å². The van der Waals surface area contributed by atoms with Gasteiger partial charge in [-0.25, -0.2) is 0 Å². The van der Waals surface area contributed by atoms with Crippen LogP contribution in [0, 0.1) is 16.7 Å². The minimum Gasteiger partial charge on any atom is -0.392 e. The molecule has 0 radical (unpaired) electrons. The van der Waals surface area contributed by atoms with Crippen LogP contribution in [0.15, 0.2) is 24.3 Å². The maximum absolute atomic E-state index is 12.2. The SMILES string of the molecule is N#CC1(C(=O)Nc2ccccc2CO)CCCC1. The highest BCUT2D eigenvalue weighted by molar-refractivity contribution is 5.97. The number of aliphatic hydroxyl groups excluding tert-OH is 1. The van der Waals surface area contributed by atoms with E-state index in [0.29, 0.717) is 24.1 Å². The fraction of sp³-hybridized carbons (Fsp3) is 0.429. The number of anilines is 1. The van der Waals surface area contributed by atoms with Crippen molar-refractivity contribution in [1.82, 2.24) is 0 Å². The predicted octanol–water partition coefficient (Wildman–Crippen LogP) is 2.20. The smallest absolute Gasteiger partial charge is 0.244 e. The van der Waals surface area contributed by atoms with Gasteiger partial charge in [0.15, 0.2) is 0 Å². The molecule has 94 valence electrons. The van der Waals surface area contributed by atoms with Gasteiger partial charge in [0.1, 0.15) is 5.41 Å². The Bertz CT molecular complexity index is 485. The first-order chi connectivity index (χ1) is 8.72. The Labute approximate surface area is 106 Å². The average Bonchev–Trinajstić information content (AvgIpc) is 2.89. The van der Waals surface area contributed by atoms with Gasteiger partial charge in [-0.1, -0.05) is 31.0 Å². The first-order valence-electron chi connectivity index (χ1n) is 6.13. The van der Waals surface area contributed by atoms with E-state index in [2.05, 4.69) is 11.4 Å². The number of nitrogens with zero attached hydrogens (tertiary/aromatic N) is 1. The van der Waals surface area contributed by atoms with Crippen molar-refractivity contribution in [3.8, 4) is 6.07 Å². The molecule has 2 N–H and O–H groups in total. The molecule has 0 saturated heterocycles. The molecular weight excluding hydrogens is 228 g/mol. The molecule has 0 spiro atoms. The van der Waals surface area contributed by atoms with Crippen LogP contribution in [-0.4, -0.2) is 11.0 Å². The van der Waals surface area contributed by atoms with Gasteiger partial charge in [-0.15, -0.1) is 0 Å². The van der Waals surface area contributed by atoms with Crippen molar-refractivity contribution in [3.63, 3.8) is 0 Å². The van der Waals surface area contributed by atoms with Crippen LogP contribution in [0.3, 0.4) is 0 Å². The maximum atomic E-state index is 12.2. The number of para-hydroxylation sites is 1. The van der Waals surface area contributed by atoms with E-state index in [4.69, 9.17) is 0 Å². The van der Waals surface area contributed by atoms with Crippen LogP contribution in [0.25, 0.3) is 0 Å². The van der Waals surface area contributed by atoms with Crippen LogP contribution in [0.2, 0.25) is 0 Å². The number of hydrogen-bond acceptors (Lipinski definition) is 3. The quantitative estimate of drug-likeness (QED) is 0.856. The highest BCUT2D eigenvalue weighted by Gasteiger charge is 2.41. The molecule has 18 heavy (non-hydrogen) atoms. The van der Waals surface area contributed by atoms with Crippen LogP contribution in [-0.2, 0) is 11.4 Å². The van der Waals surface area contributed by atoms with Gasteiger partial charge in [0.2, 0.25) is 5.91 Å². The van der Waals surface area contributed by atoms with E-state index in [1.165, 1.54) is 0 Å². The molecule has 0 unspecified atom stereocenters. The minimum absolute atomic E-state index is 0.129. The second-order valence-corrected chi connectivity index (χ2v) is 4.67. The second-order valence-electron chi connectivity index (χ2n) is 4.67. The molecule has 0 aromatic heterocycles. The zero-order valence-corrected chi connectivity index (χ0v) is 10.1. The molecule has 0 bridgehead atoms. The summed E-state index contributed by atoms with van der Waals surface area (Å²) in [4.78, 5) is 12.2. The lowest BCUT2D eigenvalue weighted by atomic mass is 9.87. The Morgan fingerprint density at radius 3 is 2.67 bits per heavy atom. The van der Waals surface area contributed by atoms with Gasteiger partial charge in [0.25, 0.3) is 0 Å². The van der Waals surface area contributed by atoms with E-state index in [9.17, 15) is 15.2 Å². The zero-order chi connectivity index (χ0) is 13.0. The maximum Gasteiger partial charge on any atom is 0.244 e. The summed E-state index contributed by atoms with van der Waals surface area (Å²) >= 11 is 0. The Kier molecular flexibility index (Phi) is 3.63. The monoisotopic (exact) mass is 244 g/mol. The molecule has 1 amide bonds. The summed E-state index contributed by atoms with van der Waals surface area (Å²) in [5.74, 6) is -0.247. The highest BCUT2D eigenvalue weighted by Crippen LogP contribution is 2.38. The normalized spacial score (nSPS) is 17.1. The van der Waals surface area contributed by atoms with E-state index in [1.807, 2.05) is 0 Å². The fourth-order valence-corrected chi connectivity index (χ4v) is 2.39. The summed E-state index contributed by atoms with van der Waals surface area (Å²) in [6.07, 6.45) is 3.08. The van der Waals surface area contributed by atoms with Gasteiger partial charge >= 0.3 is 0 Å². The molecule has 1 saturated carbocycles. The minimum atomic E-state index is -0.886. The van der Waals surface area contributed by atoms with E-state index in [-0.39, 0.29) is 12.5 Å². The number of carbonyl (C=O) groups is 1. The number of rotatable bonds is 3. The van der Waals surface area contributed by atoms with Gasteiger partial charge in [-0.05, 0) is 18.9 Å². The summed E-state index contributed by atoms with van der Waals surface area (Å²) in [7, 11) is 0. The summed E-state index contributed by atoms with van der Waals surface area (Å²) < 4.78 is 0. The van der Waals surface area contributed by atoms with E-state index in [1.54, 1.807) is 24.3 Å². The molecule has 0 heterocycles. The number of benzene rings is 1. The summed E-state index contributed by atoms with van der Waals surface area (Å²) in [6.45, 7) is -0.129. The Morgan fingerprint density at radius 1 is 1.39 bits per heavy atom. The van der Waals surface area contributed by atoms with E-state index < -0.39 is 5.41 Å². The lowest BCUT2D eigenvalue weighted by molar-refractivity contribution is -0.122. The predicted molar refractivity (Wildman–Crippen MR) is 67.5 cm³/mol. The number of carbonyl (C=O) groups excluding carboxylic acids is 1. The summed E-state index contributed by atoms with van der Waals surface area (Å²) in [6, 6.07) is 9.25. The molecule has 2 rings (SSSR count). The van der Waals surface area contributed by atoms with E-state index >= 15 is 0 Å². The number of nitriles is 1. The molecule has 1 aromatic carbocycles. The third-order valence-corrected chi connectivity index (χ3v) is 3.54. The number of nitrogens with one attached hydrogen (secondary N) is 1. The largest absolute Gasteiger partial charge is 0.392 e.